The lowest BCUT2D eigenvalue weighted by Crippen LogP contribution is -2.25. The van der Waals surface area contributed by atoms with Crippen molar-refractivity contribution in [2.24, 2.45) is 0 Å². The van der Waals surface area contributed by atoms with Gasteiger partial charge >= 0.3 is 11.9 Å². The number of aliphatic carboxylic acids is 1. The topological polar surface area (TPSA) is 63.6 Å². The molecule has 1 N–H and O–H groups in total. The summed E-state index contributed by atoms with van der Waals surface area (Å²) in [5.41, 5.74) is 2.30. The van der Waals surface area contributed by atoms with Crippen molar-refractivity contribution in [3.63, 3.8) is 0 Å². The van der Waals surface area contributed by atoms with E-state index < -0.39 is 24.0 Å². The molecule has 3 aromatic carbocycles. The minimum atomic E-state index is -0.920. The summed E-state index contributed by atoms with van der Waals surface area (Å²) in [6.45, 7) is 0. The lowest BCUT2D eigenvalue weighted by molar-refractivity contribution is -0.139. The summed E-state index contributed by atoms with van der Waals surface area (Å²) in [5, 5.41) is 9.77. The van der Waals surface area contributed by atoms with E-state index in [9.17, 15) is 14.7 Å². The SMILES string of the molecule is O=C(OC(CCc1ccccc1)CC(C(=O)O)c1ccccc1)c1ccccc1. The highest BCUT2D eigenvalue weighted by molar-refractivity contribution is 5.89. The summed E-state index contributed by atoms with van der Waals surface area (Å²) >= 11 is 0. The number of rotatable bonds is 9. The predicted molar refractivity (Wildman–Crippen MR) is 112 cm³/mol. The molecule has 0 saturated carbocycles. The standard InChI is InChI=1S/C25H24O4/c26-24(27)23(20-12-6-2-7-13-20)18-22(17-16-19-10-4-1-5-11-19)29-25(28)21-14-8-3-9-15-21/h1-15,22-23H,16-18H2,(H,26,27). The molecule has 2 atom stereocenters. The van der Waals surface area contributed by atoms with Crippen LogP contribution in [0.4, 0.5) is 0 Å². The third-order valence-corrected chi connectivity index (χ3v) is 4.88. The highest BCUT2D eigenvalue weighted by atomic mass is 16.5. The number of esters is 1. The first-order valence-corrected chi connectivity index (χ1v) is 9.71. The highest BCUT2D eigenvalue weighted by Crippen LogP contribution is 2.25. The fourth-order valence-corrected chi connectivity index (χ4v) is 3.32. The van der Waals surface area contributed by atoms with Crippen LogP contribution in [-0.2, 0) is 16.0 Å². The molecule has 29 heavy (non-hydrogen) atoms. The Balaban J connectivity index is 1.77. The van der Waals surface area contributed by atoms with Gasteiger partial charge in [0.25, 0.3) is 0 Å². The van der Waals surface area contributed by atoms with Gasteiger partial charge in [0.1, 0.15) is 6.10 Å². The molecule has 0 aromatic heterocycles. The van der Waals surface area contributed by atoms with Crippen molar-refractivity contribution >= 4 is 11.9 Å². The van der Waals surface area contributed by atoms with Gasteiger partial charge in [-0.05, 0) is 36.1 Å². The molecule has 0 aliphatic carbocycles. The Kier molecular flexibility index (Phi) is 7.17. The number of ether oxygens (including phenoxy) is 1. The van der Waals surface area contributed by atoms with Gasteiger partial charge in [-0.15, -0.1) is 0 Å². The van der Waals surface area contributed by atoms with Crippen molar-refractivity contribution in [3.8, 4) is 0 Å². The first-order chi connectivity index (χ1) is 14.1. The van der Waals surface area contributed by atoms with Crippen molar-refractivity contribution in [2.45, 2.75) is 31.3 Å². The van der Waals surface area contributed by atoms with Crippen LogP contribution >= 0.6 is 0 Å². The Morgan fingerprint density at radius 2 is 1.34 bits per heavy atom. The van der Waals surface area contributed by atoms with Gasteiger partial charge in [-0.1, -0.05) is 78.9 Å². The quantitative estimate of drug-likeness (QED) is 0.518. The first-order valence-electron chi connectivity index (χ1n) is 9.71. The lowest BCUT2D eigenvalue weighted by Gasteiger charge is -2.22. The zero-order valence-corrected chi connectivity index (χ0v) is 16.1. The molecule has 0 spiro atoms. The van der Waals surface area contributed by atoms with Crippen LogP contribution < -0.4 is 0 Å². The molecule has 0 radical (unpaired) electrons. The van der Waals surface area contributed by atoms with Crippen LogP contribution in [0.1, 0.15) is 40.2 Å². The first kappa shape index (κ1) is 20.3. The molecule has 0 saturated heterocycles. The second-order valence-electron chi connectivity index (χ2n) is 6.95. The van der Waals surface area contributed by atoms with Crippen LogP contribution in [0.5, 0.6) is 0 Å². The number of hydrogen-bond acceptors (Lipinski definition) is 3. The number of hydrogen-bond donors (Lipinski definition) is 1. The van der Waals surface area contributed by atoms with Crippen molar-refractivity contribution in [1.29, 1.82) is 0 Å². The highest BCUT2D eigenvalue weighted by Gasteiger charge is 2.27. The van der Waals surface area contributed by atoms with Crippen molar-refractivity contribution < 1.29 is 19.4 Å². The Morgan fingerprint density at radius 3 is 1.93 bits per heavy atom. The van der Waals surface area contributed by atoms with Gasteiger partial charge in [-0.3, -0.25) is 4.79 Å². The van der Waals surface area contributed by atoms with E-state index in [2.05, 4.69) is 0 Å². The molecule has 0 aliphatic heterocycles. The molecule has 0 amide bonds. The minimum Gasteiger partial charge on any atom is -0.481 e. The van der Waals surface area contributed by atoms with E-state index in [0.29, 0.717) is 24.0 Å². The number of aryl methyl sites for hydroxylation is 1. The van der Waals surface area contributed by atoms with E-state index in [1.54, 1.807) is 36.4 Å². The molecule has 0 aliphatic rings. The maximum Gasteiger partial charge on any atom is 0.338 e. The number of carbonyl (C=O) groups is 2. The van der Waals surface area contributed by atoms with Gasteiger partial charge in [0.15, 0.2) is 0 Å². The van der Waals surface area contributed by atoms with Crippen LogP contribution in [0.2, 0.25) is 0 Å². The average molecular weight is 388 g/mol. The molecule has 4 nitrogen and oxygen atoms in total. The largest absolute Gasteiger partial charge is 0.481 e. The molecular formula is C25H24O4. The fourth-order valence-electron chi connectivity index (χ4n) is 3.32. The minimum absolute atomic E-state index is 0.227. The van der Waals surface area contributed by atoms with Crippen molar-refractivity contribution in [3.05, 3.63) is 108 Å². The van der Waals surface area contributed by atoms with Gasteiger partial charge in [0.2, 0.25) is 0 Å². The smallest absolute Gasteiger partial charge is 0.338 e. The van der Waals surface area contributed by atoms with E-state index in [0.717, 1.165) is 5.56 Å². The Morgan fingerprint density at radius 1 is 0.793 bits per heavy atom. The summed E-state index contributed by atoms with van der Waals surface area (Å²) in [6, 6.07) is 27.8. The van der Waals surface area contributed by atoms with Gasteiger partial charge in [0, 0.05) is 6.42 Å². The van der Waals surface area contributed by atoms with E-state index in [-0.39, 0.29) is 6.42 Å². The van der Waals surface area contributed by atoms with Gasteiger partial charge in [0.05, 0.1) is 11.5 Å². The normalized spacial score (nSPS) is 12.7. The van der Waals surface area contributed by atoms with Crippen molar-refractivity contribution in [1.82, 2.24) is 0 Å². The van der Waals surface area contributed by atoms with E-state index in [1.165, 1.54) is 0 Å². The third kappa shape index (κ3) is 6.04. The molecule has 3 rings (SSSR count). The number of carboxylic acids is 1. The summed E-state index contributed by atoms with van der Waals surface area (Å²) in [4.78, 5) is 24.5. The Hall–Kier alpha value is -3.40. The van der Waals surface area contributed by atoms with Crippen LogP contribution in [0.25, 0.3) is 0 Å². The molecule has 2 unspecified atom stereocenters. The zero-order valence-electron chi connectivity index (χ0n) is 16.1. The van der Waals surface area contributed by atoms with Gasteiger partial charge < -0.3 is 9.84 Å². The number of benzene rings is 3. The lowest BCUT2D eigenvalue weighted by atomic mass is 9.91. The molecule has 0 heterocycles. The maximum absolute atomic E-state index is 12.6. The fraction of sp³-hybridized carbons (Fsp3) is 0.200. The average Bonchev–Trinajstić information content (AvgIpc) is 2.77. The monoisotopic (exact) mass is 388 g/mol. The predicted octanol–water partition coefficient (Wildman–Crippen LogP) is 5.10. The molecule has 0 fully saturated rings. The van der Waals surface area contributed by atoms with Gasteiger partial charge in [-0.25, -0.2) is 4.79 Å². The van der Waals surface area contributed by atoms with Crippen molar-refractivity contribution in [2.75, 3.05) is 0 Å². The van der Waals surface area contributed by atoms with E-state index >= 15 is 0 Å². The number of carbonyl (C=O) groups excluding carboxylic acids is 1. The summed E-state index contributed by atoms with van der Waals surface area (Å²) in [5.74, 6) is -2.09. The number of carboxylic acid groups (broad SMARTS) is 1. The second kappa shape index (κ2) is 10.2. The summed E-state index contributed by atoms with van der Waals surface area (Å²) in [6.07, 6.45) is 0.975. The van der Waals surface area contributed by atoms with Crippen LogP contribution in [0.3, 0.4) is 0 Å². The maximum atomic E-state index is 12.6. The van der Waals surface area contributed by atoms with E-state index in [4.69, 9.17) is 4.74 Å². The molecule has 0 bridgehead atoms. The van der Waals surface area contributed by atoms with Gasteiger partial charge in [-0.2, -0.15) is 0 Å². The zero-order chi connectivity index (χ0) is 20.5. The van der Waals surface area contributed by atoms with Crippen LogP contribution in [0, 0.1) is 0 Å². The Labute approximate surface area is 170 Å². The molecule has 4 heteroatoms. The molecule has 3 aromatic rings. The summed E-state index contributed by atoms with van der Waals surface area (Å²) in [7, 11) is 0. The molecular weight excluding hydrogens is 364 g/mol. The summed E-state index contributed by atoms with van der Waals surface area (Å²) < 4.78 is 5.76. The third-order valence-electron chi connectivity index (χ3n) is 4.88. The van der Waals surface area contributed by atoms with E-state index in [1.807, 2.05) is 54.6 Å². The van der Waals surface area contributed by atoms with Crippen LogP contribution in [0.15, 0.2) is 91.0 Å². The van der Waals surface area contributed by atoms with Crippen LogP contribution in [-0.4, -0.2) is 23.1 Å². The Bertz CT molecular complexity index is 907. The second-order valence-corrected chi connectivity index (χ2v) is 6.95. The molecule has 148 valence electrons.